The van der Waals surface area contributed by atoms with Crippen LogP contribution in [0.2, 0.25) is 0 Å². The number of anilines is 1. The topological polar surface area (TPSA) is 61.7 Å². The van der Waals surface area contributed by atoms with Gasteiger partial charge in [0.1, 0.15) is 5.69 Å². The van der Waals surface area contributed by atoms with Crippen LogP contribution >= 0.6 is 0 Å². The van der Waals surface area contributed by atoms with Gasteiger partial charge in [-0.1, -0.05) is 30.3 Å². The molecule has 108 valence electrons. The lowest BCUT2D eigenvalue weighted by molar-refractivity contribution is 0.579. The van der Waals surface area contributed by atoms with Gasteiger partial charge in [-0.15, -0.1) is 0 Å². The van der Waals surface area contributed by atoms with Gasteiger partial charge in [-0.3, -0.25) is 9.36 Å². The Hall–Kier alpha value is -2.56. The van der Waals surface area contributed by atoms with Gasteiger partial charge in [0, 0.05) is 26.0 Å². The number of aromatic nitrogens is 4. The standard InChI is InChI=1S/C16H19N5/c1-20-15(9-10-18-20)16-14(17)12-21(19-16)11-5-8-13-6-3-2-4-7-13/h2-4,6-7,9-10,12H,5,8,11,17H2,1H3. The Kier molecular flexibility index (Phi) is 3.73. The summed E-state index contributed by atoms with van der Waals surface area (Å²) < 4.78 is 3.70. The average molecular weight is 281 g/mol. The molecular formula is C16H19N5. The molecule has 0 aliphatic carbocycles. The molecule has 0 fully saturated rings. The molecule has 3 rings (SSSR count). The first-order valence-electron chi connectivity index (χ1n) is 7.09. The fourth-order valence-electron chi connectivity index (χ4n) is 2.45. The van der Waals surface area contributed by atoms with Crippen LogP contribution < -0.4 is 5.73 Å². The molecule has 0 saturated heterocycles. The molecule has 2 N–H and O–H groups in total. The van der Waals surface area contributed by atoms with E-state index in [0.717, 1.165) is 30.8 Å². The zero-order valence-electron chi connectivity index (χ0n) is 12.1. The van der Waals surface area contributed by atoms with E-state index in [0.29, 0.717) is 5.69 Å². The first kappa shape index (κ1) is 13.4. The molecule has 0 aliphatic heterocycles. The zero-order chi connectivity index (χ0) is 14.7. The molecule has 0 radical (unpaired) electrons. The second-order valence-corrected chi connectivity index (χ2v) is 5.13. The van der Waals surface area contributed by atoms with Gasteiger partial charge in [0.25, 0.3) is 0 Å². The normalized spacial score (nSPS) is 10.9. The van der Waals surface area contributed by atoms with Crippen molar-refractivity contribution in [3.63, 3.8) is 0 Å². The predicted molar refractivity (Wildman–Crippen MR) is 83.6 cm³/mol. The fraction of sp³-hybridized carbons (Fsp3) is 0.250. The number of nitrogen functional groups attached to an aromatic ring is 1. The second-order valence-electron chi connectivity index (χ2n) is 5.13. The molecule has 0 saturated carbocycles. The minimum Gasteiger partial charge on any atom is -0.396 e. The summed E-state index contributed by atoms with van der Waals surface area (Å²) in [5, 5.41) is 8.73. The molecule has 0 aliphatic rings. The summed E-state index contributed by atoms with van der Waals surface area (Å²) in [6, 6.07) is 12.4. The molecule has 2 heterocycles. The molecule has 5 nitrogen and oxygen atoms in total. The minimum atomic E-state index is 0.693. The Bertz CT molecular complexity index is 711. The van der Waals surface area contributed by atoms with Gasteiger partial charge in [-0.25, -0.2) is 0 Å². The summed E-state index contributed by atoms with van der Waals surface area (Å²) in [5.74, 6) is 0. The average Bonchev–Trinajstić information content (AvgIpc) is 3.06. The van der Waals surface area contributed by atoms with Crippen LogP contribution in [0.25, 0.3) is 11.4 Å². The smallest absolute Gasteiger partial charge is 0.133 e. The van der Waals surface area contributed by atoms with Crippen LogP contribution in [0.5, 0.6) is 0 Å². The summed E-state index contributed by atoms with van der Waals surface area (Å²) >= 11 is 0. The van der Waals surface area contributed by atoms with Gasteiger partial charge in [-0.2, -0.15) is 10.2 Å². The highest BCUT2D eigenvalue weighted by Gasteiger charge is 2.11. The Morgan fingerprint density at radius 1 is 1.14 bits per heavy atom. The highest BCUT2D eigenvalue weighted by molar-refractivity contribution is 5.69. The van der Waals surface area contributed by atoms with Crippen molar-refractivity contribution in [3.05, 3.63) is 54.4 Å². The number of hydrogen-bond acceptors (Lipinski definition) is 3. The van der Waals surface area contributed by atoms with Gasteiger partial charge >= 0.3 is 0 Å². The van der Waals surface area contributed by atoms with Crippen molar-refractivity contribution in [1.29, 1.82) is 0 Å². The van der Waals surface area contributed by atoms with Crippen molar-refractivity contribution >= 4 is 5.69 Å². The number of aryl methyl sites for hydroxylation is 3. The molecule has 0 bridgehead atoms. The Labute approximate surface area is 124 Å². The van der Waals surface area contributed by atoms with Crippen LogP contribution in [0.4, 0.5) is 5.69 Å². The molecule has 0 atom stereocenters. The molecule has 0 unspecified atom stereocenters. The van der Waals surface area contributed by atoms with Gasteiger partial charge in [0.05, 0.1) is 11.4 Å². The first-order valence-corrected chi connectivity index (χ1v) is 7.09. The van der Waals surface area contributed by atoms with Crippen molar-refractivity contribution in [3.8, 4) is 11.4 Å². The quantitative estimate of drug-likeness (QED) is 0.781. The van der Waals surface area contributed by atoms with E-state index < -0.39 is 0 Å². The van der Waals surface area contributed by atoms with E-state index in [-0.39, 0.29) is 0 Å². The summed E-state index contributed by atoms with van der Waals surface area (Å²) in [6.07, 6.45) is 5.73. The van der Waals surface area contributed by atoms with E-state index in [1.54, 1.807) is 10.9 Å². The molecule has 0 amide bonds. The van der Waals surface area contributed by atoms with E-state index in [1.807, 2.05) is 30.1 Å². The Morgan fingerprint density at radius 2 is 1.95 bits per heavy atom. The van der Waals surface area contributed by atoms with E-state index in [4.69, 9.17) is 5.73 Å². The highest BCUT2D eigenvalue weighted by Crippen LogP contribution is 2.23. The van der Waals surface area contributed by atoms with Crippen molar-refractivity contribution in [2.45, 2.75) is 19.4 Å². The molecule has 5 heteroatoms. The van der Waals surface area contributed by atoms with E-state index in [1.165, 1.54) is 5.56 Å². The SMILES string of the molecule is Cn1nccc1-c1nn(CCCc2ccccc2)cc1N. The summed E-state index contributed by atoms with van der Waals surface area (Å²) in [7, 11) is 1.89. The number of benzene rings is 1. The molecule has 1 aromatic carbocycles. The highest BCUT2D eigenvalue weighted by atomic mass is 15.3. The van der Waals surface area contributed by atoms with Crippen molar-refractivity contribution in [2.75, 3.05) is 5.73 Å². The number of hydrogen-bond donors (Lipinski definition) is 1. The lowest BCUT2D eigenvalue weighted by Gasteiger charge is -2.02. The minimum absolute atomic E-state index is 0.693. The van der Waals surface area contributed by atoms with Gasteiger partial charge < -0.3 is 5.73 Å². The lowest BCUT2D eigenvalue weighted by atomic mass is 10.1. The van der Waals surface area contributed by atoms with Crippen molar-refractivity contribution < 1.29 is 0 Å². The molecule has 0 spiro atoms. The predicted octanol–water partition coefficient (Wildman–Crippen LogP) is 2.50. The van der Waals surface area contributed by atoms with Crippen LogP contribution in [-0.4, -0.2) is 19.6 Å². The van der Waals surface area contributed by atoms with E-state index in [9.17, 15) is 0 Å². The third kappa shape index (κ3) is 2.97. The maximum Gasteiger partial charge on any atom is 0.133 e. The van der Waals surface area contributed by atoms with Crippen LogP contribution in [0.1, 0.15) is 12.0 Å². The maximum absolute atomic E-state index is 6.06. The van der Waals surface area contributed by atoms with E-state index in [2.05, 4.69) is 34.5 Å². The van der Waals surface area contributed by atoms with E-state index >= 15 is 0 Å². The van der Waals surface area contributed by atoms with Gasteiger partial charge in [0.2, 0.25) is 0 Å². The summed E-state index contributed by atoms with van der Waals surface area (Å²) in [4.78, 5) is 0. The first-order chi connectivity index (χ1) is 10.2. The third-order valence-electron chi connectivity index (χ3n) is 3.55. The lowest BCUT2D eigenvalue weighted by Crippen LogP contribution is -2.01. The monoisotopic (exact) mass is 281 g/mol. The van der Waals surface area contributed by atoms with Crippen molar-refractivity contribution in [1.82, 2.24) is 19.6 Å². The molecule has 2 aromatic heterocycles. The molecule has 21 heavy (non-hydrogen) atoms. The summed E-state index contributed by atoms with van der Waals surface area (Å²) in [6.45, 7) is 0.858. The number of rotatable bonds is 5. The van der Waals surface area contributed by atoms with Crippen LogP contribution in [0.3, 0.4) is 0 Å². The number of nitrogens with zero attached hydrogens (tertiary/aromatic N) is 4. The zero-order valence-corrected chi connectivity index (χ0v) is 12.1. The molecular weight excluding hydrogens is 262 g/mol. The number of nitrogens with two attached hydrogens (primary N) is 1. The second kappa shape index (κ2) is 5.83. The fourth-order valence-corrected chi connectivity index (χ4v) is 2.45. The Balaban J connectivity index is 1.66. The maximum atomic E-state index is 6.06. The van der Waals surface area contributed by atoms with Crippen molar-refractivity contribution in [2.24, 2.45) is 7.05 Å². The largest absolute Gasteiger partial charge is 0.396 e. The summed E-state index contributed by atoms with van der Waals surface area (Å²) in [5.41, 5.74) is 9.84. The van der Waals surface area contributed by atoms with Gasteiger partial charge in [-0.05, 0) is 24.5 Å². The third-order valence-corrected chi connectivity index (χ3v) is 3.55. The Morgan fingerprint density at radius 3 is 2.67 bits per heavy atom. The van der Waals surface area contributed by atoms with Crippen LogP contribution in [-0.2, 0) is 20.0 Å². The molecule has 3 aromatic rings. The van der Waals surface area contributed by atoms with Crippen LogP contribution in [0, 0.1) is 0 Å². The van der Waals surface area contributed by atoms with Crippen LogP contribution in [0.15, 0.2) is 48.8 Å². The van der Waals surface area contributed by atoms with Gasteiger partial charge in [0.15, 0.2) is 0 Å².